The number of carbonyl (C=O) groups excluding carboxylic acids is 2. The molecule has 1 atom stereocenters. The van der Waals surface area contributed by atoms with Crippen molar-refractivity contribution < 1.29 is 14.3 Å². The second-order valence-electron chi connectivity index (χ2n) is 8.03. The van der Waals surface area contributed by atoms with Crippen LogP contribution in [0.4, 0.5) is 5.69 Å². The summed E-state index contributed by atoms with van der Waals surface area (Å²) in [5.41, 5.74) is 2.65. The second kappa shape index (κ2) is 10.1. The number of aromatic nitrogens is 3. The first-order valence-electron chi connectivity index (χ1n) is 10.8. The number of carbonyl (C=O) groups is 2. The Kier molecular flexibility index (Phi) is 6.98. The number of nitrogens with zero attached hydrogens (tertiary/aromatic N) is 3. The fourth-order valence-electron chi connectivity index (χ4n) is 3.41. The van der Waals surface area contributed by atoms with Gasteiger partial charge in [-0.25, -0.2) is 0 Å². The first-order valence-corrected chi connectivity index (χ1v) is 11.8. The standard InChI is InChI=1S/C24H27N5O3S/c1-15(17-6-8-19(9-7-17)26-23(31)18-4-5-18)25-22(30)14-33-24-28-27-16(2)29(24)20-10-12-21(32-3)13-11-20/h6-13,15,18H,4-5,14H2,1-3H3,(H,25,30)(H,26,31). The van der Waals surface area contributed by atoms with Crippen molar-refractivity contribution in [3.8, 4) is 11.4 Å². The minimum atomic E-state index is -0.160. The number of hydrogen-bond donors (Lipinski definition) is 2. The highest BCUT2D eigenvalue weighted by Crippen LogP contribution is 2.30. The average molecular weight is 466 g/mol. The molecule has 33 heavy (non-hydrogen) atoms. The van der Waals surface area contributed by atoms with Gasteiger partial charge in [-0.05, 0) is 68.7 Å². The Morgan fingerprint density at radius 2 is 1.82 bits per heavy atom. The van der Waals surface area contributed by atoms with E-state index in [9.17, 15) is 9.59 Å². The molecule has 3 aromatic rings. The maximum atomic E-state index is 12.6. The molecule has 4 rings (SSSR count). The Labute approximate surface area is 197 Å². The molecule has 172 valence electrons. The van der Waals surface area contributed by atoms with Gasteiger partial charge < -0.3 is 15.4 Å². The zero-order valence-electron chi connectivity index (χ0n) is 18.9. The van der Waals surface area contributed by atoms with Gasteiger partial charge in [-0.3, -0.25) is 14.2 Å². The lowest BCUT2D eigenvalue weighted by Gasteiger charge is -2.15. The van der Waals surface area contributed by atoms with Crippen molar-refractivity contribution in [2.24, 2.45) is 5.92 Å². The van der Waals surface area contributed by atoms with E-state index in [2.05, 4.69) is 20.8 Å². The highest BCUT2D eigenvalue weighted by Gasteiger charge is 2.29. The van der Waals surface area contributed by atoms with Crippen LogP contribution in [0.15, 0.2) is 53.7 Å². The van der Waals surface area contributed by atoms with E-state index < -0.39 is 0 Å². The van der Waals surface area contributed by atoms with Crippen LogP contribution in [0.5, 0.6) is 5.75 Å². The molecule has 1 aliphatic rings. The van der Waals surface area contributed by atoms with Crippen molar-refractivity contribution in [3.05, 3.63) is 59.9 Å². The van der Waals surface area contributed by atoms with Crippen LogP contribution in [0.2, 0.25) is 0 Å². The van der Waals surface area contributed by atoms with Gasteiger partial charge in [0, 0.05) is 17.3 Å². The third kappa shape index (κ3) is 5.73. The van der Waals surface area contributed by atoms with Crippen LogP contribution in [0.3, 0.4) is 0 Å². The van der Waals surface area contributed by atoms with Crippen LogP contribution in [0.1, 0.15) is 37.2 Å². The number of thioether (sulfide) groups is 1. The summed E-state index contributed by atoms with van der Waals surface area (Å²) < 4.78 is 7.13. The summed E-state index contributed by atoms with van der Waals surface area (Å²) in [4.78, 5) is 24.5. The maximum Gasteiger partial charge on any atom is 0.230 e. The van der Waals surface area contributed by atoms with Crippen molar-refractivity contribution >= 4 is 29.3 Å². The molecule has 0 radical (unpaired) electrons. The minimum absolute atomic E-state index is 0.0823. The molecule has 1 heterocycles. The quantitative estimate of drug-likeness (QED) is 0.465. The smallest absolute Gasteiger partial charge is 0.230 e. The van der Waals surface area contributed by atoms with E-state index in [0.29, 0.717) is 5.16 Å². The van der Waals surface area contributed by atoms with Crippen LogP contribution < -0.4 is 15.4 Å². The number of aryl methyl sites for hydroxylation is 1. The largest absolute Gasteiger partial charge is 0.497 e. The number of amides is 2. The monoisotopic (exact) mass is 465 g/mol. The predicted molar refractivity (Wildman–Crippen MR) is 128 cm³/mol. The molecular weight excluding hydrogens is 438 g/mol. The van der Waals surface area contributed by atoms with E-state index in [-0.39, 0.29) is 29.5 Å². The molecule has 2 N–H and O–H groups in total. The molecule has 8 nitrogen and oxygen atoms in total. The number of benzene rings is 2. The molecule has 0 saturated heterocycles. The topological polar surface area (TPSA) is 98.1 Å². The molecule has 1 aliphatic carbocycles. The molecule has 9 heteroatoms. The first kappa shape index (κ1) is 22.8. The minimum Gasteiger partial charge on any atom is -0.497 e. The summed E-state index contributed by atoms with van der Waals surface area (Å²) in [7, 11) is 1.63. The number of anilines is 1. The van der Waals surface area contributed by atoms with E-state index in [1.54, 1.807) is 7.11 Å². The number of hydrogen-bond acceptors (Lipinski definition) is 6. The van der Waals surface area contributed by atoms with Crippen LogP contribution >= 0.6 is 11.8 Å². The molecule has 1 aromatic heterocycles. The van der Waals surface area contributed by atoms with Gasteiger partial charge in [0.15, 0.2) is 5.16 Å². The first-order chi connectivity index (χ1) is 15.9. The summed E-state index contributed by atoms with van der Waals surface area (Å²) in [6.07, 6.45) is 1.95. The van der Waals surface area contributed by atoms with Gasteiger partial charge in [-0.1, -0.05) is 23.9 Å². The van der Waals surface area contributed by atoms with Gasteiger partial charge in [-0.2, -0.15) is 0 Å². The SMILES string of the molecule is COc1ccc(-n2c(C)nnc2SCC(=O)NC(C)c2ccc(NC(=O)C3CC3)cc2)cc1. The lowest BCUT2D eigenvalue weighted by Crippen LogP contribution is -2.28. The lowest BCUT2D eigenvalue weighted by molar-refractivity contribution is -0.119. The summed E-state index contributed by atoms with van der Waals surface area (Å²) in [5, 5.41) is 15.0. The van der Waals surface area contributed by atoms with Crippen molar-refractivity contribution in [2.45, 2.75) is 37.9 Å². The molecule has 0 bridgehead atoms. The highest BCUT2D eigenvalue weighted by molar-refractivity contribution is 7.99. The maximum absolute atomic E-state index is 12.6. The molecule has 0 aliphatic heterocycles. The lowest BCUT2D eigenvalue weighted by atomic mass is 10.1. The number of ether oxygens (including phenoxy) is 1. The van der Waals surface area contributed by atoms with E-state index in [4.69, 9.17) is 4.74 Å². The Balaban J connectivity index is 1.32. The van der Waals surface area contributed by atoms with Gasteiger partial charge in [0.05, 0.1) is 18.9 Å². The van der Waals surface area contributed by atoms with E-state index in [1.165, 1.54) is 11.8 Å². The van der Waals surface area contributed by atoms with Gasteiger partial charge in [-0.15, -0.1) is 10.2 Å². The summed E-state index contributed by atoms with van der Waals surface area (Å²) in [6, 6.07) is 15.0. The molecule has 2 aromatic carbocycles. The van der Waals surface area contributed by atoms with Crippen molar-refractivity contribution in [1.82, 2.24) is 20.1 Å². The summed E-state index contributed by atoms with van der Waals surface area (Å²) in [5.74, 6) is 1.88. The number of rotatable bonds is 9. The molecular formula is C24H27N5O3S. The summed E-state index contributed by atoms with van der Waals surface area (Å²) >= 11 is 1.33. The summed E-state index contributed by atoms with van der Waals surface area (Å²) in [6.45, 7) is 3.81. The third-order valence-electron chi connectivity index (χ3n) is 5.46. The Morgan fingerprint density at radius 3 is 2.45 bits per heavy atom. The fraction of sp³-hybridized carbons (Fsp3) is 0.333. The van der Waals surface area contributed by atoms with Crippen LogP contribution in [0.25, 0.3) is 5.69 Å². The third-order valence-corrected chi connectivity index (χ3v) is 6.39. The van der Waals surface area contributed by atoms with Crippen molar-refractivity contribution in [1.29, 1.82) is 0 Å². The molecule has 1 fully saturated rings. The van der Waals surface area contributed by atoms with Gasteiger partial charge in [0.2, 0.25) is 11.8 Å². The fourth-order valence-corrected chi connectivity index (χ4v) is 4.22. The molecule has 1 saturated carbocycles. The van der Waals surface area contributed by atoms with Crippen LogP contribution in [-0.2, 0) is 9.59 Å². The molecule has 1 unspecified atom stereocenters. The van der Waals surface area contributed by atoms with Gasteiger partial charge >= 0.3 is 0 Å². The predicted octanol–water partition coefficient (Wildman–Crippen LogP) is 3.90. The highest BCUT2D eigenvalue weighted by atomic mass is 32.2. The van der Waals surface area contributed by atoms with E-state index >= 15 is 0 Å². The van der Waals surface area contributed by atoms with E-state index in [0.717, 1.165) is 41.4 Å². The average Bonchev–Trinajstić information content (AvgIpc) is 3.61. The Morgan fingerprint density at radius 1 is 1.12 bits per heavy atom. The van der Waals surface area contributed by atoms with Crippen LogP contribution in [-0.4, -0.2) is 39.4 Å². The molecule has 2 amide bonds. The molecule has 0 spiro atoms. The normalized spacial score (nSPS) is 13.9. The number of nitrogens with one attached hydrogen (secondary N) is 2. The van der Waals surface area contributed by atoms with E-state index in [1.807, 2.05) is 66.9 Å². The van der Waals surface area contributed by atoms with Gasteiger partial charge in [0.25, 0.3) is 0 Å². The zero-order valence-corrected chi connectivity index (χ0v) is 19.7. The Bertz CT molecular complexity index is 1120. The zero-order chi connectivity index (χ0) is 23.4. The second-order valence-corrected chi connectivity index (χ2v) is 8.97. The van der Waals surface area contributed by atoms with Crippen molar-refractivity contribution in [3.63, 3.8) is 0 Å². The number of methoxy groups -OCH3 is 1. The Hall–Kier alpha value is -3.33. The van der Waals surface area contributed by atoms with Crippen molar-refractivity contribution in [2.75, 3.05) is 18.2 Å². The van der Waals surface area contributed by atoms with Crippen LogP contribution in [0, 0.1) is 12.8 Å². The van der Waals surface area contributed by atoms with Gasteiger partial charge in [0.1, 0.15) is 11.6 Å².